The summed E-state index contributed by atoms with van der Waals surface area (Å²) in [6.07, 6.45) is 3.10. The van der Waals surface area contributed by atoms with Gasteiger partial charge in [0.05, 0.1) is 5.69 Å². The van der Waals surface area contributed by atoms with Crippen molar-refractivity contribution in [3.63, 3.8) is 0 Å². The van der Waals surface area contributed by atoms with E-state index >= 15 is 0 Å². The van der Waals surface area contributed by atoms with Crippen LogP contribution in [0.3, 0.4) is 0 Å². The van der Waals surface area contributed by atoms with Crippen molar-refractivity contribution in [1.82, 2.24) is 9.55 Å². The zero-order valence-corrected chi connectivity index (χ0v) is 9.92. The van der Waals surface area contributed by atoms with Crippen LogP contribution in [0.4, 0.5) is 5.95 Å². The number of hydrogen-bond donors (Lipinski definition) is 1. The molecule has 0 atom stereocenters. The quantitative estimate of drug-likeness (QED) is 0.702. The Balaban J connectivity index is 2.44. The standard InChI is InChI=1S/C11H21N3O/c1-4-12-11-13-10(3)9-14(11)7-6-8-15-5-2/h9H,4-8H2,1-3H3,(H,12,13). The van der Waals surface area contributed by atoms with Gasteiger partial charge in [-0.3, -0.25) is 0 Å². The van der Waals surface area contributed by atoms with Crippen LogP contribution < -0.4 is 5.32 Å². The third-order valence-electron chi connectivity index (χ3n) is 2.12. The molecule has 1 N–H and O–H groups in total. The topological polar surface area (TPSA) is 39.1 Å². The molecule has 0 amide bonds. The van der Waals surface area contributed by atoms with Crippen LogP contribution in [-0.2, 0) is 11.3 Å². The Hall–Kier alpha value is -1.03. The monoisotopic (exact) mass is 211 g/mol. The van der Waals surface area contributed by atoms with E-state index in [2.05, 4.69) is 28.0 Å². The van der Waals surface area contributed by atoms with Gasteiger partial charge in [0.15, 0.2) is 0 Å². The van der Waals surface area contributed by atoms with Gasteiger partial charge < -0.3 is 14.6 Å². The number of ether oxygens (including phenoxy) is 1. The van der Waals surface area contributed by atoms with Gasteiger partial charge in [0.2, 0.25) is 5.95 Å². The second kappa shape index (κ2) is 6.45. The SMILES string of the molecule is CCNc1nc(C)cn1CCCOCC. The van der Waals surface area contributed by atoms with Crippen LogP contribution in [-0.4, -0.2) is 29.3 Å². The average Bonchev–Trinajstić information content (AvgIpc) is 2.55. The van der Waals surface area contributed by atoms with Crippen molar-refractivity contribution in [2.24, 2.45) is 0 Å². The van der Waals surface area contributed by atoms with Gasteiger partial charge in [-0.2, -0.15) is 0 Å². The van der Waals surface area contributed by atoms with Gasteiger partial charge in [-0.15, -0.1) is 0 Å². The lowest BCUT2D eigenvalue weighted by Crippen LogP contribution is -2.08. The minimum absolute atomic E-state index is 0.795. The zero-order valence-electron chi connectivity index (χ0n) is 9.92. The maximum atomic E-state index is 5.31. The van der Waals surface area contributed by atoms with E-state index in [9.17, 15) is 0 Å². The molecule has 0 saturated carbocycles. The molecular formula is C11H21N3O. The molecule has 4 nitrogen and oxygen atoms in total. The van der Waals surface area contributed by atoms with E-state index < -0.39 is 0 Å². The van der Waals surface area contributed by atoms with Gasteiger partial charge in [-0.1, -0.05) is 0 Å². The highest BCUT2D eigenvalue weighted by molar-refractivity contribution is 5.28. The lowest BCUT2D eigenvalue weighted by molar-refractivity contribution is 0.142. The molecule has 0 bridgehead atoms. The molecule has 15 heavy (non-hydrogen) atoms. The number of imidazole rings is 1. The number of rotatable bonds is 7. The van der Waals surface area contributed by atoms with Gasteiger partial charge in [0.1, 0.15) is 0 Å². The van der Waals surface area contributed by atoms with Crippen LogP contribution in [0.25, 0.3) is 0 Å². The lowest BCUT2D eigenvalue weighted by Gasteiger charge is -2.07. The summed E-state index contributed by atoms with van der Waals surface area (Å²) in [5.41, 5.74) is 1.06. The zero-order chi connectivity index (χ0) is 11.1. The number of aryl methyl sites for hydroxylation is 2. The summed E-state index contributed by atoms with van der Waals surface area (Å²) in [6, 6.07) is 0. The first-order valence-electron chi connectivity index (χ1n) is 5.63. The minimum Gasteiger partial charge on any atom is -0.382 e. The first-order chi connectivity index (χ1) is 7.27. The highest BCUT2D eigenvalue weighted by Crippen LogP contribution is 2.08. The van der Waals surface area contributed by atoms with E-state index in [1.165, 1.54) is 0 Å². The third-order valence-corrected chi connectivity index (χ3v) is 2.12. The first kappa shape index (κ1) is 12.0. The molecule has 0 aliphatic rings. The summed E-state index contributed by atoms with van der Waals surface area (Å²) in [5, 5.41) is 3.25. The van der Waals surface area contributed by atoms with Crippen LogP contribution in [0.1, 0.15) is 26.0 Å². The Bertz CT molecular complexity index is 283. The molecule has 0 spiro atoms. The second-order valence-corrected chi connectivity index (χ2v) is 3.48. The van der Waals surface area contributed by atoms with E-state index in [0.29, 0.717) is 0 Å². The summed E-state index contributed by atoms with van der Waals surface area (Å²) in [7, 11) is 0. The summed E-state index contributed by atoms with van der Waals surface area (Å²) in [6.45, 7) is 9.59. The summed E-state index contributed by atoms with van der Waals surface area (Å²) >= 11 is 0. The molecule has 1 aromatic rings. The van der Waals surface area contributed by atoms with Crippen molar-refractivity contribution in [1.29, 1.82) is 0 Å². The summed E-state index contributed by atoms with van der Waals surface area (Å²) < 4.78 is 7.46. The van der Waals surface area contributed by atoms with Crippen molar-refractivity contribution in [3.05, 3.63) is 11.9 Å². The predicted molar refractivity (Wildman–Crippen MR) is 62.2 cm³/mol. The number of anilines is 1. The van der Waals surface area contributed by atoms with Crippen LogP contribution in [0.5, 0.6) is 0 Å². The first-order valence-corrected chi connectivity index (χ1v) is 5.63. The fraction of sp³-hybridized carbons (Fsp3) is 0.727. The van der Waals surface area contributed by atoms with Crippen molar-refractivity contribution >= 4 is 5.95 Å². The van der Waals surface area contributed by atoms with Gasteiger partial charge in [-0.05, 0) is 27.2 Å². The molecule has 0 radical (unpaired) electrons. The molecular weight excluding hydrogens is 190 g/mol. The third kappa shape index (κ3) is 3.91. The van der Waals surface area contributed by atoms with Crippen LogP contribution in [0, 0.1) is 6.92 Å². The van der Waals surface area contributed by atoms with Crippen LogP contribution >= 0.6 is 0 Å². The number of aromatic nitrogens is 2. The number of hydrogen-bond acceptors (Lipinski definition) is 3. The molecule has 0 unspecified atom stereocenters. The van der Waals surface area contributed by atoms with Crippen molar-refractivity contribution in [3.8, 4) is 0 Å². The van der Waals surface area contributed by atoms with E-state index in [1.807, 2.05) is 13.8 Å². The van der Waals surface area contributed by atoms with E-state index in [0.717, 1.165) is 44.4 Å². The van der Waals surface area contributed by atoms with Crippen molar-refractivity contribution in [2.45, 2.75) is 33.7 Å². The Morgan fingerprint density at radius 2 is 2.27 bits per heavy atom. The number of nitrogens with zero attached hydrogens (tertiary/aromatic N) is 2. The Kier molecular flexibility index (Phi) is 5.18. The smallest absolute Gasteiger partial charge is 0.203 e. The largest absolute Gasteiger partial charge is 0.382 e. The summed E-state index contributed by atoms with van der Waals surface area (Å²) in [4.78, 5) is 4.41. The van der Waals surface area contributed by atoms with Gasteiger partial charge in [-0.25, -0.2) is 4.98 Å². The fourth-order valence-corrected chi connectivity index (χ4v) is 1.50. The molecule has 0 aliphatic carbocycles. The predicted octanol–water partition coefficient (Wildman–Crippen LogP) is 2.05. The highest BCUT2D eigenvalue weighted by Gasteiger charge is 2.03. The average molecular weight is 211 g/mol. The van der Waals surface area contributed by atoms with E-state index in [1.54, 1.807) is 0 Å². The van der Waals surface area contributed by atoms with Crippen molar-refractivity contribution < 1.29 is 4.74 Å². The molecule has 0 aromatic carbocycles. The van der Waals surface area contributed by atoms with Crippen molar-refractivity contribution in [2.75, 3.05) is 25.1 Å². The van der Waals surface area contributed by atoms with Crippen LogP contribution in [0.2, 0.25) is 0 Å². The normalized spacial score (nSPS) is 10.6. The molecule has 1 heterocycles. The molecule has 86 valence electrons. The maximum Gasteiger partial charge on any atom is 0.203 e. The lowest BCUT2D eigenvalue weighted by atomic mass is 10.4. The minimum atomic E-state index is 0.795. The number of nitrogens with one attached hydrogen (secondary N) is 1. The van der Waals surface area contributed by atoms with E-state index in [-0.39, 0.29) is 0 Å². The Morgan fingerprint density at radius 3 is 2.93 bits per heavy atom. The second-order valence-electron chi connectivity index (χ2n) is 3.48. The summed E-state index contributed by atoms with van der Waals surface area (Å²) in [5.74, 6) is 0.964. The van der Waals surface area contributed by atoms with Crippen LogP contribution in [0.15, 0.2) is 6.20 Å². The van der Waals surface area contributed by atoms with Gasteiger partial charge >= 0.3 is 0 Å². The van der Waals surface area contributed by atoms with Gasteiger partial charge in [0.25, 0.3) is 0 Å². The van der Waals surface area contributed by atoms with E-state index in [4.69, 9.17) is 4.74 Å². The molecule has 0 saturated heterocycles. The molecule has 0 aliphatic heterocycles. The van der Waals surface area contributed by atoms with Gasteiger partial charge in [0, 0.05) is 32.5 Å². The fourth-order valence-electron chi connectivity index (χ4n) is 1.50. The molecule has 0 fully saturated rings. The molecule has 1 rings (SSSR count). The Morgan fingerprint density at radius 1 is 1.47 bits per heavy atom. The molecule has 1 aromatic heterocycles. The Labute approximate surface area is 91.7 Å². The highest BCUT2D eigenvalue weighted by atomic mass is 16.5. The maximum absolute atomic E-state index is 5.31. The molecule has 4 heteroatoms.